The second-order valence-electron chi connectivity index (χ2n) is 5.70. The quantitative estimate of drug-likeness (QED) is 0.546. The van der Waals surface area contributed by atoms with Crippen molar-refractivity contribution < 1.29 is 13.2 Å². The van der Waals surface area contributed by atoms with Crippen LogP contribution in [0, 0.1) is 0 Å². The molecule has 0 spiro atoms. The third-order valence-corrected chi connectivity index (χ3v) is 4.60. The molecule has 0 saturated carbocycles. The number of hydrogen-bond acceptors (Lipinski definition) is 4. The number of nitrogens with zero attached hydrogens (tertiary/aromatic N) is 2. The van der Waals surface area contributed by atoms with Crippen molar-refractivity contribution in [2.75, 3.05) is 45.6 Å². The lowest BCUT2D eigenvalue weighted by atomic mass is 10.1. The van der Waals surface area contributed by atoms with Gasteiger partial charge in [0.2, 0.25) is 10.0 Å². The zero-order valence-corrected chi connectivity index (χ0v) is 13.6. The molecule has 0 atom stereocenters. The summed E-state index contributed by atoms with van der Waals surface area (Å²) in [7, 11) is -1.56. The number of aliphatic imine (C=N–C) groups is 1. The highest BCUT2D eigenvalue weighted by Crippen LogP contribution is 2.05. The van der Waals surface area contributed by atoms with Crippen LogP contribution in [0.5, 0.6) is 0 Å². The first kappa shape index (κ1) is 17.2. The van der Waals surface area contributed by atoms with Crippen LogP contribution in [0.25, 0.3) is 0 Å². The van der Waals surface area contributed by atoms with Crippen molar-refractivity contribution in [3.8, 4) is 0 Å². The lowest BCUT2D eigenvalue weighted by Crippen LogP contribution is -2.49. The van der Waals surface area contributed by atoms with Crippen molar-refractivity contribution >= 4 is 16.0 Å². The maximum Gasteiger partial charge on any atom is 0.215 e. The number of morpholine rings is 1. The van der Waals surface area contributed by atoms with Gasteiger partial charge >= 0.3 is 0 Å². The Bertz CT molecular complexity index is 422. The highest BCUT2D eigenvalue weighted by Gasteiger charge is 2.24. The van der Waals surface area contributed by atoms with Crippen LogP contribution >= 0.6 is 0 Å². The Morgan fingerprint density at radius 2 is 1.90 bits per heavy atom. The molecule has 1 aliphatic rings. The summed E-state index contributed by atoms with van der Waals surface area (Å²) in [5.41, 5.74) is -0.120. The van der Waals surface area contributed by atoms with E-state index < -0.39 is 10.0 Å². The number of nitrogens with one attached hydrogen (secondary N) is 2. The molecule has 1 heterocycles. The molecular formula is C12H26N4O3S. The average Bonchev–Trinajstić information content (AvgIpc) is 2.37. The van der Waals surface area contributed by atoms with Crippen molar-refractivity contribution in [2.45, 2.75) is 26.3 Å². The Morgan fingerprint density at radius 3 is 2.40 bits per heavy atom. The number of ether oxygens (including phenoxy) is 1. The Hall–Kier alpha value is -0.860. The molecule has 0 aliphatic carbocycles. The van der Waals surface area contributed by atoms with Crippen LogP contribution in [-0.2, 0) is 14.8 Å². The predicted molar refractivity (Wildman–Crippen MR) is 80.4 cm³/mol. The normalized spacial score (nSPS) is 18.9. The van der Waals surface area contributed by atoms with E-state index in [1.165, 1.54) is 4.31 Å². The first-order chi connectivity index (χ1) is 9.24. The van der Waals surface area contributed by atoms with E-state index in [1.54, 1.807) is 7.05 Å². The fraction of sp³-hybridized carbons (Fsp3) is 0.917. The summed E-state index contributed by atoms with van der Waals surface area (Å²) >= 11 is 0. The SMILES string of the molecule is CN=C(NCCS(=O)(=O)N1CCOCC1)NC(C)(C)C. The lowest BCUT2D eigenvalue weighted by molar-refractivity contribution is 0.0730. The molecule has 7 nitrogen and oxygen atoms in total. The predicted octanol–water partition coefficient (Wildman–Crippen LogP) is -0.388. The van der Waals surface area contributed by atoms with Crippen LogP contribution in [0.3, 0.4) is 0 Å². The van der Waals surface area contributed by atoms with Crippen molar-refractivity contribution in [2.24, 2.45) is 4.99 Å². The number of guanidine groups is 1. The van der Waals surface area contributed by atoms with E-state index in [-0.39, 0.29) is 11.3 Å². The summed E-state index contributed by atoms with van der Waals surface area (Å²) in [4.78, 5) is 4.07. The van der Waals surface area contributed by atoms with Crippen LogP contribution in [0.1, 0.15) is 20.8 Å². The van der Waals surface area contributed by atoms with E-state index in [2.05, 4.69) is 15.6 Å². The highest BCUT2D eigenvalue weighted by molar-refractivity contribution is 7.89. The molecule has 0 radical (unpaired) electrons. The third kappa shape index (κ3) is 6.06. The van der Waals surface area contributed by atoms with Crippen LogP contribution in [0.15, 0.2) is 4.99 Å². The van der Waals surface area contributed by atoms with E-state index in [4.69, 9.17) is 4.74 Å². The second-order valence-corrected chi connectivity index (χ2v) is 7.79. The minimum absolute atomic E-state index is 0.0534. The second kappa shape index (κ2) is 7.24. The van der Waals surface area contributed by atoms with Gasteiger partial charge in [0, 0.05) is 32.2 Å². The molecule has 1 saturated heterocycles. The summed E-state index contributed by atoms with van der Waals surface area (Å²) in [6.45, 7) is 8.21. The van der Waals surface area contributed by atoms with Gasteiger partial charge in [0.15, 0.2) is 5.96 Å². The van der Waals surface area contributed by atoms with Crippen molar-refractivity contribution in [3.05, 3.63) is 0 Å². The monoisotopic (exact) mass is 306 g/mol. The van der Waals surface area contributed by atoms with Crippen molar-refractivity contribution in [3.63, 3.8) is 0 Å². The van der Waals surface area contributed by atoms with E-state index in [9.17, 15) is 8.42 Å². The molecule has 0 aromatic carbocycles. The summed E-state index contributed by atoms with van der Waals surface area (Å²) in [5.74, 6) is 0.660. The zero-order chi connectivity index (χ0) is 15.2. The fourth-order valence-corrected chi connectivity index (χ4v) is 3.11. The number of rotatable bonds is 4. The Balaban J connectivity index is 2.42. The third-order valence-electron chi connectivity index (χ3n) is 2.73. The lowest BCUT2D eigenvalue weighted by Gasteiger charge is -2.27. The van der Waals surface area contributed by atoms with E-state index in [1.807, 2.05) is 20.8 Å². The van der Waals surface area contributed by atoms with E-state index in [0.29, 0.717) is 38.8 Å². The van der Waals surface area contributed by atoms with Gasteiger partial charge in [0.1, 0.15) is 0 Å². The van der Waals surface area contributed by atoms with Crippen LogP contribution in [0.4, 0.5) is 0 Å². The molecule has 0 unspecified atom stereocenters. The van der Waals surface area contributed by atoms with Gasteiger partial charge in [-0.15, -0.1) is 0 Å². The zero-order valence-electron chi connectivity index (χ0n) is 12.8. The Morgan fingerprint density at radius 1 is 1.30 bits per heavy atom. The van der Waals surface area contributed by atoms with Gasteiger partial charge < -0.3 is 15.4 Å². The topological polar surface area (TPSA) is 83.0 Å². The smallest absolute Gasteiger partial charge is 0.215 e. The summed E-state index contributed by atoms with van der Waals surface area (Å²) < 4.78 is 30.9. The molecule has 118 valence electrons. The number of hydrogen-bond donors (Lipinski definition) is 2. The minimum atomic E-state index is -3.22. The maximum absolute atomic E-state index is 12.1. The van der Waals surface area contributed by atoms with Gasteiger partial charge in [-0.1, -0.05) is 0 Å². The first-order valence-corrected chi connectivity index (χ1v) is 8.40. The first-order valence-electron chi connectivity index (χ1n) is 6.79. The fourth-order valence-electron chi connectivity index (χ4n) is 1.79. The van der Waals surface area contributed by atoms with Crippen LogP contribution in [-0.4, -0.2) is 69.9 Å². The molecule has 0 aromatic heterocycles. The maximum atomic E-state index is 12.1. The van der Waals surface area contributed by atoms with E-state index in [0.717, 1.165) is 0 Å². The van der Waals surface area contributed by atoms with Crippen molar-refractivity contribution in [1.29, 1.82) is 0 Å². The summed E-state index contributed by atoms with van der Waals surface area (Å²) in [6.07, 6.45) is 0. The van der Waals surface area contributed by atoms with Crippen LogP contribution < -0.4 is 10.6 Å². The molecule has 0 amide bonds. The number of sulfonamides is 1. The van der Waals surface area contributed by atoms with Gasteiger partial charge in [0.05, 0.1) is 19.0 Å². The molecule has 0 bridgehead atoms. The standard InChI is InChI=1S/C12H26N4O3S/c1-12(2,3)15-11(13-4)14-5-10-20(17,18)16-6-8-19-9-7-16/h5-10H2,1-4H3,(H2,13,14,15). The molecule has 1 aliphatic heterocycles. The molecule has 20 heavy (non-hydrogen) atoms. The van der Waals surface area contributed by atoms with E-state index >= 15 is 0 Å². The molecule has 1 fully saturated rings. The average molecular weight is 306 g/mol. The molecule has 2 N–H and O–H groups in total. The van der Waals surface area contributed by atoms with Gasteiger partial charge in [-0.25, -0.2) is 8.42 Å². The van der Waals surface area contributed by atoms with Crippen molar-refractivity contribution in [1.82, 2.24) is 14.9 Å². The molecular weight excluding hydrogens is 280 g/mol. The Labute approximate surface area is 121 Å². The minimum Gasteiger partial charge on any atom is -0.379 e. The molecule has 1 rings (SSSR count). The van der Waals surface area contributed by atoms with Crippen LogP contribution in [0.2, 0.25) is 0 Å². The van der Waals surface area contributed by atoms with Gasteiger partial charge in [-0.3, -0.25) is 4.99 Å². The Kier molecular flexibility index (Phi) is 6.22. The summed E-state index contributed by atoms with van der Waals surface area (Å²) in [6, 6.07) is 0. The largest absolute Gasteiger partial charge is 0.379 e. The highest BCUT2D eigenvalue weighted by atomic mass is 32.2. The molecule has 0 aromatic rings. The van der Waals surface area contributed by atoms with Gasteiger partial charge in [0.25, 0.3) is 0 Å². The van der Waals surface area contributed by atoms with Gasteiger partial charge in [-0.05, 0) is 20.8 Å². The molecule has 8 heteroatoms. The van der Waals surface area contributed by atoms with Gasteiger partial charge in [-0.2, -0.15) is 4.31 Å². The summed E-state index contributed by atoms with van der Waals surface area (Å²) in [5, 5.41) is 6.21.